The van der Waals surface area contributed by atoms with E-state index in [-0.39, 0.29) is 24.0 Å². The first kappa shape index (κ1) is 23.7. The van der Waals surface area contributed by atoms with Gasteiger partial charge >= 0.3 is 0 Å². The van der Waals surface area contributed by atoms with Gasteiger partial charge in [0, 0.05) is 54.1 Å². The van der Waals surface area contributed by atoms with Gasteiger partial charge in [-0.2, -0.15) is 0 Å². The van der Waals surface area contributed by atoms with Crippen molar-refractivity contribution in [2.24, 2.45) is 0 Å². The van der Waals surface area contributed by atoms with E-state index in [1.54, 1.807) is 0 Å². The predicted octanol–water partition coefficient (Wildman–Crippen LogP) is 6.50. The fourth-order valence-corrected chi connectivity index (χ4v) is 5.48. The van der Waals surface area contributed by atoms with Crippen LogP contribution < -0.4 is 0 Å². The first-order valence-electron chi connectivity index (χ1n) is 12.3. The van der Waals surface area contributed by atoms with Crippen LogP contribution in [0.3, 0.4) is 0 Å². The van der Waals surface area contributed by atoms with Gasteiger partial charge in [0.15, 0.2) is 0 Å². The Hall–Kier alpha value is -3.08. The average Bonchev–Trinajstić information content (AvgIpc) is 3.20. The number of para-hydroxylation sites is 1. The summed E-state index contributed by atoms with van der Waals surface area (Å²) in [7, 11) is 0. The normalized spacial score (nSPS) is 19.1. The SMILES string of the molecule is CC1CN(C(=O)CC(c2cccc(Cl)c2)c2cn(Cc3ccccc3)c3ccccc23)CC(C)O1. The molecule has 1 aliphatic rings. The number of halogens is 1. The Morgan fingerprint density at radius 3 is 2.43 bits per heavy atom. The van der Waals surface area contributed by atoms with Crippen LogP contribution >= 0.6 is 11.6 Å². The van der Waals surface area contributed by atoms with Crippen molar-refractivity contribution >= 4 is 28.4 Å². The standard InChI is InChI=1S/C30H31ClN2O2/c1-21-17-33(18-22(2)35-21)30(34)16-27(24-11-8-12-25(31)15-24)28-20-32(19-23-9-4-3-5-10-23)29-14-7-6-13-26(28)29/h3-15,20-22,27H,16-19H2,1-2H3. The number of hydrogen-bond donors (Lipinski definition) is 0. The average molecular weight is 487 g/mol. The monoisotopic (exact) mass is 486 g/mol. The minimum atomic E-state index is -0.100. The third kappa shape index (κ3) is 5.29. The molecule has 5 heteroatoms. The smallest absolute Gasteiger partial charge is 0.223 e. The highest BCUT2D eigenvalue weighted by Crippen LogP contribution is 2.36. The second-order valence-electron chi connectivity index (χ2n) is 9.58. The largest absolute Gasteiger partial charge is 0.372 e. The number of nitrogens with zero attached hydrogens (tertiary/aromatic N) is 2. The molecule has 0 spiro atoms. The summed E-state index contributed by atoms with van der Waals surface area (Å²) in [6.07, 6.45) is 2.69. The quantitative estimate of drug-likeness (QED) is 0.311. The molecule has 1 aromatic heterocycles. The fraction of sp³-hybridized carbons (Fsp3) is 0.300. The predicted molar refractivity (Wildman–Crippen MR) is 142 cm³/mol. The molecule has 2 heterocycles. The topological polar surface area (TPSA) is 34.5 Å². The van der Waals surface area contributed by atoms with Crippen molar-refractivity contribution in [1.29, 1.82) is 0 Å². The van der Waals surface area contributed by atoms with Crippen molar-refractivity contribution in [3.63, 3.8) is 0 Å². The molecule has 0 aliphatic carbocycles. The number of amides is 1. The van der Waals surface area contributed by atoms with E-state index in [4.69, 9.17) is 16.3 Å². The summed E-state index contributed by atoms with van der Waals surface area (Å²) < 4.78 is 8.15. The van der Waals surface area contributed by atoms with Crippen LogP contribution in [0.2, 0.25) is 5.02 Å². The zero-order chi connectivity index (χ0) is 24.4. The van der Waals surface area contributed by atoms with Crippen LogP contribution in [0.4, 0.5) is 0 Å². The van der Waals surface area contributed by atoms with Crippen LogP contribution in [0.15, 0.2) is 85.1 Å². The molecule has 0 bridgehead atoms. The number of rotatable bonds is 6. The number of benzene rings is 3. The summed E-state index contributed by atoms with van der Waals surface area (Å²) in [6.45, 7) is 6.08. The lowest BCUT2D eigenvalue weighted by molar-refractivity contribution is -0.143. The molecule has 1 fully saturated rings. The van der Waals surface area contributed by atoms with E-state index in [0.29, 0.717) is 24.5 Å². The number of carbonyl (C=O) groups excluding carboxylic acids is 1. The number of aromatic nitrogens is 1. The van der Waals surface area contributed by atoms with E-state index in [9.17, 15) is 4.79 Å². The minimum absolute atomic E-state index is 0.0418. The van der Waals surface area contributed by atoms with Gasteiger partial charge in [-0.05, 0) is 48.7 Å². The van der Waals surface area contributed by atoms with Crippen molar-refractivity contribution in [1.82, 2.24) is 9.47 Å². The van der Waals surface area contributed by atoms with E-state index >= 15 is 0 Å². The summed E-state index contributed by atoms with van der Waals surface area (Å²) in [5.41, 5.74) is 4.62. The van der Waals surface area contributed by atoms with Crippen LogP contribution in [-0.4, -0.2) is 40.7 Å². The maximum Gasteiger partial charge on any atom is 0.223 e. The maximum atomic E-state index is 13.6. The van der Waals surface area contributed by atoms with Crippen molar-refractivity contribution in [2.45, 2.75) is 44.9 Å². The number of ether oxygens (including phenoxy) is 1. The second-order valence-corrected chi connectivity index (χ2v) is 10.0. The lowest BCUT2D eigenvalue weighted by Crippen LogP contribution is -2.48. The fourth-order valence-electron chi connectivity index (χ4n) is 5.28. The van der Waals surface area contributed by atoms with Gasteiger partial charge in [0.05, 0.1) is 12.2 Å². The molecule has 4 aromatic rings. The van der Waals surface area contributed by atoms with Crippen LogP contribution in [0.5, 0.6) is 0 Å². The Morgan fingerprint density at radius 1 is 0.971 bits per heavy atom. The van der Waals surface area contributed by atoms with Crippen molar-refractivity contribution in [3.8, 4) is 0 Å². The molecule has 0 radical (unpaired) electrons. The molecule has 3 unspecified atom stereocenters. The first-order valence-corrected chi connectivity index (χ1v) is 12.7. The van der Waals surface area contributed by atoms with Crippen molar-refractivity contribution in [3.05, 3.63) is 107 Å². The molecule has 180 valence electrons. The molecule has 35 heavy (non-hydrogen) atoms. The van der Waals surface area contributed by atoms with Crippen molar-refractivity contribution < 1.29 is 9.53 Å². The van der Waals surface area contributed by atoms with E-state index < -0.39 is 0 Å². The third-order valence-electron chi connectivity index (χ3n) is 6.79. The van der Waals surface area contributed by atoms with Gasteiger partial charge in [0.2, 0.25) is 5.91 Å². The molecule has 5 rings (SSSR count). The molecule has 1 amide bonds. The van der Waals surface area contributed by atoms with Crippen LogP contribution in [0.25, 0.3) is 10.9 Å². The summed E-state index contributed by atoms with van der Waals surface area (Å²) >= 11 is 6.41. The summed E-state index contributed by atoms with van der Waals surface area (Å²) in [4.78, 5) is 15.6. The van der Waals surface area contributed by atoms with Gasteiger partial charge in [0.1, 0.15) is 0 Å². The lowest BCUT2D eigenvalue weighted by Gasteiger charge is -2.36. The molecule has 3 aromatic carbocycles. The number of carbonyl (C=O) groups is 1. The molecule has 3 atom stereocenters. The number of fused-ring (bicyclic) bond motifs is 1. The Balaban J connectivity index is 1.55. The Kier molecular flexibility index (Phi) is 6.94. The van der Waals surface area contributed by atoms with E-state index in [1.807, 2.05) is 43.0 Å². The lowest BCUT2D eigenvalue weighted by atomic mass is 9.87. The Morgan fingerprint density at radius 2 is 1.69 bits per heavy atom. The zero-order valence-corrected chi connectivity index (χ0v) is 21.0. The Labute approximate surface area is 212 Å². The van der Waals surface area contributed by atoms with E-state index in [2.05, 4.69) is 65.4 Å². The van der Waals surface area contributed by atoms with Gasteiger partial charge in [-0.15, -0.1) is 0 Å². The van der Waals surface area contributed by atoms with Gasteiger partial charge < -0.3 is 14.2 Å². The highest BCUT2D eigenvalue weighted by molar-refractivity contribution is 6.30. The van der Waals surface area contributed by atoms with Gasteiger partial charge in [-0.1, -0.05) is 72.3 Å². The first-order chi connectivity index (χ1) is 17.0. The van der Waals surface area contributed by atoms with Crippen molar-refractivity contribution in [2.75, 3.05) is 13.1 Å². The van der Waals surface area contributed by atoms with Gasteiger partial charge in [0.25, 0.3) is 0 Å². The van der Waals surface area contributed by atoms with E-state index in [1.165, 1.54) is 16.5 Å². The summed E-state index contributed by atoms with van der Waals surface area (Å²) in [5, 5.41) is 1.85. The van der Waals surface area contributed by atoms with Crippen LogP contribution in [0.1, 0.15) is 42.9 Å². The molecule has 1 saturated heterocycles. The second kappa shape index (κ2) is 10.3. The molecule has 4 nitrogen and oxygen atoms in total. The molecular weight excluding hydrogens is 456 g/mol. The zero-order valence-electron chi connectivity index (χ0n) is 20.2. The molecule has 0 N–H and O–H groups in total. The van der Waals surface area contributed by atoms with Crippen LogP contribution in [0, 0.1) is 0 Å². The highest BCUT2D eigenvalue weighted by atomic mass is 35.5. The van der Waals surface area contributed by atoms with Gasteiger partial charge in [-0.25, -0.2) is 0 Å². The highest BCUT2D eigenvalue weighted by Gasteiger charge is 2.29. The maximum absolute atomic E-state index is 13.6. The number of hydrogen-bond acceptors (Lipinski definition) is 2. The third-order valence-corrected chi connectivity index (χ3v) is 7.03. The molecule has 1 aliphatic heterocycles. The van der Waals surface area contributed by atoms with E-state index in [0.717, 1.165) is 17.7 Å². The summed E-state index contributed by atoms with van der Waals surface area (Å²) in [6, 6.07) is 26.9. The molecular formula is C30H31ClN2O2. The Bertz CT molecular complexity index is 1310. The molecule has 0 saturated carbocycles. The van der Waals surface area contributed by atoms with Crippen LogP contribution in [-0.2, 0) is 16.1 Å². The summed E-state index contributed by atoms with van der Waals surface area (Å²) in [5.74, 6) is 0.0495. The minimum Gasteiger partial charge on any atom is -0.372 e. The number of morpholine rings is 1. The van der Waals surface area contributed by atoms with Gasteiger partial charge in [-0.3, -0.25) is 4.79 Å².